The molecule has 0 heterocycles. The number of aromatic hydroxyl groups is 2. The van der Waals surface area contributed by atoms with Crippen molar-refractivity contribution in [3.63, 3.8) is 0 Å². The largest absolute Gasteiger partial charge is 0.506 e. The van der Waals surface area contributed by atoms with Crippen molar-refractivity contribution in [1.29, 1.82) is 0 Å². The Hall–Kier alpha value is -2.36. The van der Waals surface area contributed by atoms with Crippen molar-refractivity contribution in [2.75, 3.05) is 11.5 Å². The van der Waals surface area contributed by atoms with E-state index in [2.05, 4.69) is 0 Å². The van der Waals surface area contributed by atoms with E-state index in [1.807, 2.05) is 6.92 Å². The van der Waals surface area contributed by atoms with E-state index in [1.54, 1.807) is 24.3 Å². The van der Waals surface area contributed by atoms with Crippen LogP contribution in [0.2, 0.25) is 0 Å². The number of nitrogens with two attached hydrogens (primary N) is 2. The maximum Gasteiger partial charge on any atom is 0.138 e. The summed E-state index contributed by atoms with van der Waals surface area (Å²) >= 11 is 0. The van der Waals surface area contributed by atoms with E-state index in [-0.39, 0.29) is 22.9 Å². The lowest BCUT2D eigenvalue weighted by atomic mass is 9.88. The molecule has 0 radical (unpaired) electrons. The lowest BCUT2D eigenvalue weighted by Gasteiger charge is -2.17. The number of hydrogen-bond donors (Lipinski definition) is 4. The third kappa shape index (κ3) is 2.57. The number of phenolic OH excluding ortho intramolecular Hbond substituents is 2. The van der Waals surface area contributed by atoms with Crippen molar-refractivity contribution in [2.45, 2.75) is 19.2 Å². The molecule has 0 atom stereocenters. The lowest BCUT2D eigenvalue weighted by Crippen LogP contribution is -2.02. The van der Waals surface area contributed by atoms with Gasteiger partial charge in [-0.25, -0.2) is 0 Å². The summed E-state index contributed by atoms with van der Waals surface area (Å²) in [5.41, 5.74) is 13.2. The van der Waals surface area contributed by atoms with Crippen molar-refractivity contribution < 1.29 is 11.6 Å². The normalized spacial score (nSPS) is 12.2. The van der Waals surface area contributed by atoms with E-state index < -0.39 is 5.89 Å². The van der Waals surface area contributed by atoms with Crippen LogP contribution >= 0.6 is 0 Å². The van der Waals surface area contributed by atoms with Crippen LogP contribution < -0.4 is 11.5 Å². The van der Waals surface area contributed by atoms with Crippen LogP contribution in [0.25, 0.3) is 0 Å². The first-order valence-corrected chi connectivity index (χ1v) is 6.06. The van der Waals surface area contributed by atoms with Gasteiger partial charge in [0.2, 0.25) is 0 Å². The SMILES string of the molecule is [2H]C(CC)(c1ccc(O)c(N)c1)c1ccc(O)c(N)c1. The zero-order valence-corrected chi connectivity index (χ0v) is 10.7. The van der Waals surface area contributed by atoms with Gasteiger partial charge < -0.3 is 21.7 Å². The van der Waals surface area contributed by atoms with Gasteiger partial charge in [-0.1, -0.05) is 19.1 Å². The molecule has 0 aliphatic rings. The van der Waals surface area contributed by atoms with Crippen molar-refractivity contribution in [3.05, 3.63) is 47.5 Å². The minimum atomic E-state index is -1.04. The maximum absolute atomic E-state index is 9.49. The third-order valence-corrected chi connectivity index (χ3v) is 3.11. The molecule has 0 spiro atoms. The van der Waals surface area contributed by atoms with Crippen LogP contribution in [0.1, 0.15) is 31.7 Å². The van der Waals surface area contributed by atoms with E-state index in [0.29, 0.717) is 17.5 Å². The molecule has 100 valence electrons. The molecule has 0 aliphatic heterocycles. The summed E-state index contributed by atoms with van der Waals surface area (Å²) < 4.78 is 8.71. The van der Waals surface area contributed by atoms with Crippen molar-refractivity contribution in [1.82, 2.24) is 0 Å². The van der Waals surface area contributed by atoms with E-state index in [9.17, 15) is 10.2 Å². The summed E-state index contributed by atoms with van der Waals surface area (Å²) in [6.07, 6.45) is 0.501. The molecule has 0 amide bonds. The molecule has 4 heteroatoms. The number of phenols is 2. The van der Waals surface area contributed by atoms with Gasteiger partial charge in [0.25, 0.3) is 0 Å². The Labute approximate surface area is 113 Å². The highest BCUT2D eigenvalue weighted by Gasteiger charge is 2.14. The van der Waals surface area contributed by atoms with Crippen LogP contribution in [0.5, 0.6) is 11.5 Å². The van der Waals surface area contributed by atoms with Crippen LogP contribution in [0, 0.1) is 0 Å². The second-order valence-corrected chi connectivity index (χ2v) is 4.38. The molecule has 0 saturated carbocycles. The van der Waals surface area contributed by atoms with Crippen LogP contribution in [0.15, 0.2) is 36.4 Å². The number of hydrogen-bond acceptors (Lipinski definition) is 4. The van der Waals surface area contributed by atoms with Gasteiger partial charge in [-0.05, 0) is 41.8 Å². The molecule has 0 aromatic heterocycles. The maximum atomic E-state index is 9.49. The summed E-state index contributed by atoms with van der Waals surface area (Å²) in [6, 6.07) is 9.49. The minimum absolute atomic E-state index is 0.00239. The van der Waals surface area contributed by atoms with Crippen LogP contribution in [0.3, 0.4) is 0 Å². The summed E-state index contributed by atoms with van der Waals surface area (Å²) in [7, 11) is 0. The van der Waals surface area contributed by atoms with Gasteiger partial charge in [0.05, 0.1) is 11.4 Å². The molecule has 0 fully saturated rings. The van der Waals surface area contributed by atoms with E-state index in [1.165, 1.54) is 12.1 Å². The monoisotopic (exact) mass is 259 g/mol. The zero-order valence-electron chi connectivity index (χ0n) is 11.7. The van der Waals surface area contributed by atoms with Crippen molar-refractivity contribution >= 4 is 11.4 Å². The van der Waals surface area contributed by atoms with E-state index in [4.69, 9.17) is 12.8 Å². The number of nitrogen functional groups attached to an aromatic ring is 2. The van der Waals surface area contributed by atoms with Crippen LogP contribution in [-0.4, -0.2) is 10.2 Å². The number of benzene rings is 2. The Morgan fingerprint density at radius 3 is 1.74 bits per heavy atom. The summed E-state index contributed by atoms with van der Waals surface area (Å²) in [4.78, 5) is 0. The zero-order chi connectivity index (χ0) is 14.9. The molecule has 0 bridgehead atoms. The molecule has 19 heavy (non-hydrogen) atoms. The Balaban J connectivity index is 2.57. The fourth-order valence-corrected chi connectivity index (χ4v) is 2.06. The van der Waals surface area contributed by atoms with Gasteiger partial charge in [0.1, 0.15) is 11.5 Å². The highest BCUT2D eigenvalue weighted by atomic mass is 16.3. The molecule has 0 unspecified atom stereocenters. The third-order valence-electron chi connectivity index (χ3n) is 3.11. The molecular formula is C15H18N2O2. The van der Waals surface area contributed by atoms with Gasteiger partial charge in [-0.15, -0.1) is 0 Å². The second kappa shape index (κ2) is 5.10. The molecule has 2 rings (SSSR count). The highest BCUT2D eigenvalue weighted by molar-refractivity contribution is 5.57. The fourth-order valence-electron chi connectivity index (χ4n) is 2.06. The number of anilines is 2. The van der Waals surface area contributed by atoms with E-state index >= 15 is 0 Å². The molecule has 0 aliphatic carbocycles. The molecule has 2 aromatic rings. The summed E-state index contributed by atoms with van der Waals surface area (Å²) in [5, 5.41) is 19.0. The molecular weight excluding hydrogens is 240 g/mol. The van der Waals surface area contributed by atoms with Gasteiger partial charge in [0, 0.05) is 7.26 Å². The molecule has 4 nitrogen and oxygen atoms in total. The van der Waals surface area contributed by atoms with Gasteiger partial charge in [-0.3, -0.25) is 0 Å². The summed E-state index contributed by atoms with van der Waals surface area (Å²) in [6.45, 7) is 1.89. The first-order chi connectivity index (χ1) is 9.38. The fraction of sp³-hybridized carbons (Fsp3) is 0.200. The van der Waals surface area contributed by atoms with Crippen molar-refractivity contribution in [2.24, 2.45) is 0 Å². The first kappa shape index (κ1) is 11.7. The van der Waals surface area contributed by atoms with Gasteiger partial charge >= 0.3 is 0 Å². The Morgan fingerprint density at radius 1 is 1.00 bits per heavy atom. The van der Waals surface area contributed by atoms with Crippen LogP contribution in [0.4, 0.5) is 11.4 Å². The molecule has 6 N–H and O–H groups in total. The highest BCUT2D eigenvalue weighted by Crippen LogP contribution is 2.34. The number of rotatable bonds is 3. The van der Waals surface area contributed by atoms with Crippen LogP contribution in [-0.2, 0) is 0 Å². The first-order valence-electron chi connectivity index (χ1n) is 6.56. The van der Waals surface area contributed by atoms with Gasteiger partial charge in [0.15, 0.2) is 0 Å². The predicted octanol–water partition coefficient (Wildman–Crippen LogP) is 2.80. The predicted molar refractivity (Wildman–Crippen MR) is 77.2 cm³/mol. The average Bonchev–Trinajstić information content (AvgIpc) is 2.44. The quantitative estimate of drug-likeness (QED) is 0.503. The van der Waals surface area contributed by atoms with E-state index in [0.717, 1.165) is 0 Å². The Kier molecular flexibility index (Phi) is 3.14. The second-order valence-electron chi connectivity index (χ2n) is 4.38. The molecule has 2 aromatic carbocycles. The van der Waals surface area contributed by atoms with Gasteiger partial charge in [-0.2, -0.15) is 0 Å². The standard InChI is InChI=1S/C15H18N2O2/c1-2-11(9-3-5-14(18)12(16)7-9)10-4-6-15(19)13(17)8-10/h3-8,11,18-19H,2,16-17H2,1H3/i11D. The Morgan fingerprint density at radius 2 is 1.42 bits per heavy atom. The smallest absolute Gasteiger partial charge is 0.138 e. The summed E-state index contributed by atoms with van der Waals surface area (Å²) in [5.74, 6) is -1.04. The average molecular weight is 259 g/mol. The Bertz CT molecular complexity index is 592. The minimum Gasteiger partial charge on any atom is -0.506 e. The topological polar surface area (TPSA) is 92.5 Å². The van der Waals surface area contributed by atoms with Crippen molar-refractivity contribution in [3.8, 4) is 11.5 Å². The lowest BCUT2D eigenvalue weighted by molar-refractivity contribution is 0.477. The molecule has 0 saturated heterocycles.